The van der Waals surface area contributed by atoms with Crippen LogP contribution in [0, 0.1) is 0 Å². The van der Waals surface area contributed by atoms with Crippen molar-refractivity contribution in [1.82, 2.24) is 0 Å². The van der Waals surface area contributed by atoms with Gasteiger partial charge in [0.1, 0.15) is 0 Å². The number of unbranched alkanes of at least 4 members (excludes halogenated alkanes) is 1. The van der Waals surface area contributed by atoms with E-state index in [1.165, 1.54) is 13.8 Å². The summed E-state index contributed by atoms with van der Waals surface area (Å²) in [5.41, 5.74) is 0. The van der Waals surface area contributed by atoms with Crippen LogP contribution in [0.4, 0.5) is 0 Å². The monoisotopic (exact) mass is 248 g/mol. The predicted molar refractivity (Wildman–Crippen MR) is 56.2 cm³/mol. The maximum Gasteiger partial charge on any atom is 0.310 e. The van der Waals surface area contributed by atoms with Crippen LogP contribution >= 0.6 is 0 Å². The fraction of sp³-hybridized carbons (Fsp3) is 0.600. The van der Waals surface area contributed by atoms with Crippen LogP contribution in [0.3, 0.4) is 0 Å². The first kappa shape index (κ1) is 17.5. The first-order chi connectivity index (χ1) is 7.75. The van der Waals surface area contributed by atoms with E-state index in [0.717, 1.165) is 0 Å². The Hall–Kier alpha value is -1.92. The molecule has 0 aliphatic carbocycles. The molecule has 0 aromatic heterocycles. The second-order valence-corrected chi connectivity index (χ2v) is 3.08. The number of carboxylic acids is 2. The quantitative estimate of drug-likeness (QED) is 0.420. The van der Waals surface area contributed by atoms with Crippen molar-refractivity contribution in [3.63, 3.8) is 0 Å². The average molecular weight is 248 g/mol. The molecule has 2 N–H and O–H groups in total. The molecule has 0 aromatic rings. The highest BCUT2D eigenvalue weighted by molar-refractivity contribution is 5.82. The first-order valence-electron chi connectivity index (χ1n) is 4.88. The highest BCUT2D eigenvalue weighted by Crippen LogP contribution is 1.98. The number of carbonyl (C=O) groups is 4. The Balaban J connectivity index is 0. The maximum absolute atomic E-state index is 9.90. The van der Waals surface area contributed by atoms with Gasteiger partial charge in [0.05, 0.1) is 0 Å². The number of hydrogen-bond acceptors (Lipinski definition) is 5. The highest BCUT2D eigenvalue weighted by Gasteiger charge is 1.99. The molecule has 0 radical (unpaired) electrons. The summed E-state index contributed by atoms with van der Waals surface area (Å²) in [7, 11) is 0. The van der Waals surface area contributed by atoms with E-state index in [1.54, 1.807) is 0 Å². The predicted octanol–water partition coefficient (Wildman–Crippen LogP) is 0.812. The molecule has 7 heteroatoms. The van der Waals surface area contributed by atoms with Crippen LogP contribution in [0.15, 0.2) is 0 Å². The van der Waals surface area contributed by atoms with Gasteiger partial charge in [-0.3, -0.25) is 19.2 Å². The van der Waals surface area contributed by atoms with Crippen molar-refractivity contribution in [1.29, 1.82) is 0 Å². The lowest BCUT2D eigenvalue weighted by molar-refractivity contribution is -0.156. The summed E-state index contributed by atoms with van der Waals surface area (Å²) in [6, 6.07) is 0. The molecule has 0 fully saturated rings. The number of carboxylic acid groups (broad SMARTS) is 2. The molecule has 0 saturated heterocycles. The van der Waals surface area contributed by atoms with Gasteiger partial charge in [-0.05, 0) is 12.8 Å². The number of hydrogen-bond donors (Lipinski definition) is 2. The van der Waals surface area contributed by atoms with Crippen LogP contribution in [0.25, 0.3) is 0 Å². The van der Waals surface area contributed by atoms with Crippen LogP contribution in [-0.2, 0) is 23.9 Å². The van der Waals surface area contributed by atoms with E-state index in [0.29, 0.717) is 12.8 Å². The molecular formula is C10H16O7. The SMILES string of the molecule is CC(=O)OC(C)=O.O=C(O)CCCCC(=O)O. The lowest BCUT2D eigenvalue weighted by Gasteiger charge is -1.92. The Labute approximate surface area is 98.4 Å². The molecule has 0 heterocycles. The van der Waals surface area contributed by atoms with Gasteiger partial charge in [-0.25, -0.2) is 0 Å². The zero-order chi connectivity index (χ0) is 13.8. The van der Waals surface area contributed by atoms with Gasteiger partial charge < -0.3 is 14.9 Å². The number of ether oxygens (including phenoxy) is 1. The third-order valence-corrected chi connectivity index (χ3v) is 1.32. The number of esters is 2. The normalized spacial score (nSPS) is 8.59. The van der Waals surface area contributed by atoms with Crippen molar-refractivity contribution < 1.29 is 34.1 Å². The fourth-order valence-electron chi connectivity index (χ4n) is 0.755. The molecule has 98 valence electrons. The van der Waals surface area contributed by atoms with E-state index < -0.39 is 23.9 Å². The molecule has 0 amide bonds. The van der Waals surface area contributed by atoms with Crippen LogP contribution in [0.5, 0.6) is 0 Å². The second-order valence-electron chi connectivity index (χ2n) is 3.08. The minimum Gasteiger partial charge on any atom is -0.481 e. The summed E-state index contributed by atoms with van der Waals surface area (Å²) in [6.45, 7) is 2.36. The van der Waals surface area contributed by atoms with E-state index in [9.17, 15) is 19.2 Å². The summed E-state index contributed by atoms with van der Waals surface area (Å²) in [5.74, 6) is -2.87. The molecule has 0 unspecified atom stereocenters. The molecule has 0 bridgehead atoms. The summed E-state index contributed by atoms with van der Waals surface area (Å²) in [4.78, 5) is 39.4. The van der Waals surface area contributed by atoms with Crippen molar-refractivity contribution in [3.05, 3.63) is 0 Å². The summed E-state index contributed by atoms with van der Waals surface area (Å²) >= 11 is 0. The lowest BCUT2D eigenvalue weighted by atomic mass is 10.2. The van der Waals surface area contributed by atoms with Crippen molar-refractivity contribution in [2.24, 2.45) is 0 Å². The smallest absolute Gasteiger partial charge is 0.310 e. The molecule has 0 spiro atoms. The summed E-state index contributed by atoms with van der Waals surface area (Å²) < 4.78 is 3.97. The molecule has 0 rings (SSSR count). The molecule has 0 aliphatic heterocycles. The van der Waals surface area contributed by atoms with E-state index in [2.05, 4.69) is 4.74 Å². The molecule has 0 aromatic carbocycles. The number of rotatable bonds is 5. The molecular weight excluding hydrogens is 232 g/mol. The van der Waals surface area contributed by atoms with Crippen LogP contribution < -0.4 is 0 Å². The summed E-state index contributed by atoms with van der Waals surface area (Å²) in [6.07, 6.45) is 1.02. The van der Waals surface area contributed by atoms with Crippen LogP contribution in [0.1, 0.15) is 39.5 Å². The Morgan fingerprint density at radius 2 is 1.12 bits per heavy atom. The third kappa shape index (κ3) is 24.9. The van der Waals surface area contributed by atoms with Crippen LogP contribution in [-0.4, -0.2) is 34.1 Å². The number of aliphatic carboxylic acids is 2. The number of carbonyl (C=O) groups excluding carboxylic acids is 2. The second kappa shape index (κ2) is 10.6. The van der Waals surface area contributed by atoms with Gasteiger partial charge in [-0.2, -0.15) is 0 Å². The van der Waals surface area contributed by atoms with Gasteiger partial charge in [0, 0.05) is 26.7 Å². The van der Waals surface area contributed by atoms with Gasteiger partial charge in [-0.15, -0.1) is 0 Å². The molecule has 0 atom stereocenters. The Morgan fingerprint density at radius 1 is 0.824 bits per heavy atom. The highest BCUT2D eigenvalue weighted by atomic mass is 16.6. The van der Waals surface area contributed by atoms with E-state index in [-0.39, 0.29) is 12.8 Å². The van der Waals surface area contributed by atoms with Crippen molar-refractivity contribution >= 4 is 23.9 Å². The zero-order valence-corrected chi connectivity index (χ0v) is 9.76. The van der Waals surface area contributed by atoms with Gasteiger partial charge in [0.15, 0.2) is 0 Å². The largest absolute Gasteiger partial charge is 0.481 e. The molecule has 0 aliphatic rings. The molecule has 17 heavy (non-hydrogen) atoms. The summed E-state index contributed by atoms with van der Waals surface area (Å²) in [5, 5.41) is 16.3. The van der Waals surface area contributed by atoms with Crippen molar-refractivity contribution in [2.45, 2.75) is 39.5 Å². The third-order valence-electron chi connectivity index (χ3n) is 1.32. The van der Waals surface area contributed by atoms with Crippen LogP contribution in [0.2, 0.25) is 0 Å². The fourth-order valence-corrected chi connectivity index (χ4v) is 0.755. The Morgan fingerprint density at radius 3 is 1.24 bits per heavy atom. The van der Waals surface area contributed by atoms with Gasteiger partial charge >= 0.3 is 23.9 Å². The lowest BCUT2D eigenvalue weighted by Crippen LogP contribution is -2.03. The average Bonchev–Trinajstić information content (AvgIpc) is 2.10. The van der Waals surface area contributed by atoms with Crippen molar-refractivity contribution in [2.75, 3.05) is 0 Å². The topological polar surface area (TPSA) is 118 Å². The zero-order valence-electron chi connectivity index (χ0n) is 9.76. The maximum atomic E-state index is 9.90. The van der Waals surface area contributed by atoms with E-state index in [1.807, 2.05) is 0 Å². The molecule has 0 saturated carbocycles. The molecule has 7 nitrogen and oxygen atoms in total. The minimum atomic E-state index is -0.870. The van der Waals surface area contributed by atoms with Gasteiger partial charge in [0.25, 0.3) is 0 Å². The minimum absolute atomic E-state index is 0.0628. The van der Waals surface area contributed by atoms with E-state index >= 15 is 0 Å². The Bertz CT molecular complexity index is 254. The van der Waals surface area contributed by atoms with Gasteiger partial charge in [0.2, 0.25) is 0 Å². The Kier molecular flexibility index (Phi) is 10.9. The van der Waals surface area contributed by atoms with Gasteiger partial charge in [-0.1, -0.05) is 0 Å². The van der Waals surface area contributed by atoms with Crippen molar-refractivity contribution in [3.8, 4) is 0 Å². The first-order valence-corrected chi connectivity index (χ1v) is 4.88. The van der Waals surface area contributed by atoms with E-state index in [4.69, 9.17) is 10.2 Å². The standard InChI is InChI=1S/C6H10O4.C4H6O3/c7-5(8)3-1-2-4-6(9)10;1-3(5)7-4(2)6/h1-4H2,(H,7,8)(H,9,10);1-2H3.